The minimum absolute atomic E-state index is 0.0374. The molecule has 0 atom stereocenters. The number of benzene rings is 2. The molecule has 3 aromatic rings. The minimum atomic E-state index is -0.498. The predicted molar refractivity (Wildman–Crippen MR) is 101 cm³/mol. The van der Waals surface area contributed by atoms with Crippen molar-refractivity contribution >= 4 is 16.9 Å². The van der Waals surface area contributed by atoms with Gasteiger partial charge in [-0.15, -0.1) is 0 Å². The van der Waals surface area contributed by atoms with Crippen LogP contribution in [-0.4, -0.2) is 31.0 Å². The molecule has 0 radical (unpaired) electrons. The van der Waals surface area contributed by atoms with Gasteiger partial charge in [0.05, 0.1) is 29.3 Å². The number of nitrogens with zero attached hydrogens (tertiary/aromatic N) is 3. The van der Waals surface area contributed by atoms with Gasteiger partial charge in [0.15, 0.2) is 6.79 Å². The molecule has 0 saturated heterocycles. The van der Waals surface area contributed by atoms with Crippen LogP contribution in [0.25, 0.3) is 16.6 Å². The second-order valence-electron chi connectivity index (χ2n) is 5.82. The standard InChI is InChI=1S/C21H17N3O4/c1-3-27-21(25)18-7-5-16(9-20(18)28-13-26-2)24-12-15(11-23)17-6-4-14(10-22)8-19(17)24/h4-9,12H,3,13H2,1-2H3. The summed E-state index contributed by atoms with van der Waals surface area (Å²) in [6, 6.07) is 14.4. The molecule has 0 aliphatic rings. The summed E-state index contributed by atoms with van der Waals surface area (Å²) < 4.78 is 17.4. The van der Waals surface area contributed by atoms with Crippen LogP contribution in [0.15, 0.2) is 42.6 Å². The zero-order valence-electron chi connectivity index (χ0n) is 15.4. The molecule has 7 heteroatoms. The summed E-state index contributed by atoms with van der Waals surface area (Å²) >= 11 is 0. The van der Waals surface area contributed by atoms with Crippen LogP contribution in [0.3, 0.4) is 0 Å². The zero-order chi connectivity index (χ0) is 20.1. The highest BCUT2D eigenvalue weighted by Crippen LogP contribution is 2.29. The number of rotatable bonds is 6. The monoisotopic (exact) mass is 375 g/mol. The van der Waals surface area contributed by atoms with Crippen LogP contribution < -0.4 is 4.74 Å². The molecule has 1 heterocycles. The number of hydrogen-bond donors (Lipinski definition) is 0. The average Bonchev–Trinajstić information content (AvgIpc) is 3.10. The van der Waals surface area contributed by atoms with Gasteiger partial charge < -0.3 is 18.8 Å². The van der Waals surface area contributed by atoms with Crippen molar-refractivity contribution in [2.75, 3.05) is 20.5 Å². The lowest BCUT2D eigenvalue weighted by molar-refractivity contribution is 0.0438. The van der Waals surface area contributed by atoms with Crippen LogP contribution in [0.4, 0.5) is 0 Å². The first-order chi connectivity index (χ1) is 13.6. The van der Waals surface area contributed by atoms with E-state index in [-0.39, 0.29) is 19.0 Å². The van der Waals surface area contributed by atoms with Crippen LogP contribution in [-0.2, 0) is 9.47 Å². The summed E-state index contributed by atoms with van der Waals surface area (Å²) in [5.41, 5.74) is 2.61. The Morgan fingerprint density at radius 3 is 2.64 bits per heavy atom. The molecule has 2 aromatic carbocycles. The normalized spacial score (nSPS) is 10.3. The molecule has 0 aliphatic heterocycles. The van der Waals surface area contributed by atoms with Gasteiger partial charge in [-0.05, 0) is 31.2 Å². The van der Waals surface area contributed by atoms with Crippen molar-refractivity contribution < 1.29 is 19.0 Å². The molecule has 0 spiro atoms. The van der Waals surface area contributed by atoms with E-state index < -0.39 is 5.97 Å². The Labute approximate surface area is 161 Å². The van der Waals surface area contributed by atoms with Gasteiger partial charge in [0.25, 0.3) is 0 Å². The van der Waals surface area contributed by atoms with E-state index in [4.69, 9.17) is 14.2 Å². The second-order valence-corrected chi connectivity index (χ2v) is 5.82. The Morgan fingerprint density at radius 2 is 1.96 bits per heavy atom. The summed E-state index contributed by atoms with van der Waals surface area (Å²) in [6.07, 6.45) is 1.69. The minimum Gasteiger partial charge on any atom is -0.467 e. The summed E-state index contributed by atoms with van der Waals surface area (Å²) in [4.78, 5) is 12.2. The SMILES string of the molecule is CCOC(=O)c1ccc(-n2cc(C#N)c3ccc(C#N)cc32)cc1OCOC. The number of hydrogen-bond acceptors (Lipinski definition) is 6. The third-order valence-corrected chi connectivity index (χ3v) is 4.13. The number of fused-ring (bicyclic) bond motifs is 1. The maximum atomic E-state index is 12.2. The van der Waals surface area contributed by atoms with Gasteiger partial charge in [-0.25, -0.2) is 4.79 Å². The zero-order valence-corrected chi connectivity index (χ0v) is 15.4. The molecular formula is C21H17N3O4. The van der Waals surface area contributed by atoms with Gasteiger partial charge in [-0.1, -0.05) is 6.07 Å². The Hall–Kier alpha value is -3.81. The third kappa shape index (κ3) is 3.52. The molecular weight excluding hydrogens is 358 g/mol. The molecule has 7 nitrogen and oxygen atoms in total. The molecule has 0 unspecified atom stereocenters. The Kier molecular flexibility index (Phi) is 5.59. The lowest BCUT2D eigenvalue weighted by Gasteiger charge is -2.13. The van der Waals surface area contributed by atoms with Crippen molar-refractivity contribution in [3.8, 4) is 23.6 Å². The maximum absolute atomic E-state index is 12.2. The fourth-order valence-electron chi connectivity index (χ4n) is 2.88. The van der Waals surface area contributed by atoms with Crippen LogP contribution in [0.5, 0.6) is 5.75 Å². The van der Waals surface area contributed by atoms with E-state index in [1.165, 1.54) is 7.11 Å². The van der Waals surface area contributed by atoms with Crippen molar-refractivity contribution in [1.29, 1.82) is 10.5 Å². The lowest BCUT2D eigenvalue weighted by atomic mass is 10.1. The number of carbonyl (C=O) groups excluding carboxylic acids is 1. The van der Waals surface area contributed by atoms with Gasteiger partial charge in [0.1, 0.15) is 17.4 Å². The van der Waals surface area contributed by atoms with E-state index >= 15 is 0 Å². The van der Waals surface area contributed by atoms with E-state index in [2.05, 4.69) is 12.1 Å². The van der Waals surface area contributed by atoms with Crippen LogP contribution in [0, 0.1) is 22.7 Å². The Balaban J connectivity index is 2.17. The number of aromatic nitrogens is 1. The molecule has 28 heavy (non-hydrogen) atoms. The molecule has 3 rings (SSSR count). The van der Waals surface area contributed by atoms with Crippen molar-refractivity contribution in [1.82, 2.24) is 4.57 Å². The van der Waals surface area contributed by atoms with Gasteiger partial charge in [0.2, 0.25) is 0 Å². The number of ether oxygens (including phenoxy) is 3. The Morgan fingerprint density at radius 1 is 1.14 bits per heavy atom. The molecule has 0 bridgehead atoms. The summed E-state index contributed by atoms with van der Waals surface area (Å²) in [6.45, 7) is 1.93. The van der Waals surface area contributed by atoms with Crippen LogP contribution >= 0.6 is 0 Å². The molecule has 0 amide bonds. The summed E-state index contributed by atoms with van der Waals surface area (Å²) in [7, 11) is 1.48. The molecule has 1 aromatic heterocycles. The first-order valence-electron chi connectivity index (χ1n) is 8.51. The first-order valence-corrected chi connectivity index (χ1v) is 8.51. The fourth-order valence-corrected chi connectivity index (χ4v) is 2.88. The van der Waals surface area contributed by atoms with Gasteiger partial charge in [-0.2, -0.15) is 10.5 Å². The van der Waals surface area contributed by atoms with E-state index in [1.54, 1.807) is 54.1 Å². The third-order valence-electron chi connectivity index (χ3n) is 4.13. The van der Waals surface area contributed by atoms with E-state index in [0.717, 1.165) is 5.39 Å². The topological polar surface area (TPSA) is 97.3 Å². The molecule has 140 valence electrons. The van der Waals surface area contributed by atoms with E-state index in [9.17, 15) is 15.3 Å². The van der Waals surface area contributed by atoms with Crippen molar-refractivity contribution in [2.24, 2.45) is 0 Å². The second kappa shape index (κ2) is 8.26. The van der Waals surface area contributed by atoms with Crippen molar-refractivity contribution in [3.63, 3.8) is 0 Å². The van der Waals surface area contributed by atoms with Gasteiger partial charge in [0, 0.05) is 30.4 Å². The highest BCUT2D eigenvalue weighted by molar-refractivity contribution is 5.93. The van der Waals surface area contributed by atoms with Crippen LogP contribution in [0.2, 0.25) is 0 Å². The molecule has 0 aliphatic carbocycles. The van der Waals surface area contributed by atoms with Crippen LogP contribution in [0.1, 0.15) is 28.4 Å². The van der Waals surface area contributed by atoms with Gasteiger partial charge in [-0.3, -0.25) is 0 Å². The summed E-state index contributed by atoms with van der Waals surface area (Å²) in [5, 5.41) is 19.4. The Bertz CT molecular complexity index is 1120. The average molecular weight is 375 g/mol. The maximum Gasteiger partial charge on any atom is 0.341 e. The van der Waals surface area contributed by atoms with Crippen molar-refractivity contribution in [2.45, 2.75) is 6.92 Å². The highest BCUT2D eigenvalue weighted by atomic mass is 16.7. The molecule has 0 fully saturated rings. The first kappa shape index (κ1) is 19.0. The summed E-state index contributed by atoms with van der Waals surface area (Å²) in [5.74, 6) is -0.198. The van der Waals surface area contributed by atoms with E-state index in [0.29, 0.717) is 28.1 Å². The molecule has 0 saturated carbocycles. The highest BCUT2D eigenvalue weighted by Gasteiger charge is 2.17. The van der Waals surface area contributed by atoms with Gasteiger partial charge >= 0.3 is 5.97 Å². The fraction of sp³-hybridized carbons (Fsp3) is 0.190. The lowest BCUT2D eigenvalue weighted by Crippen LogP contribution is -2.10. The smallest absolute Gasteiger partial charge is 0.341 e. The largest absolute Gasteiger partial charge is 0.467 e. The molecule has 0 N–H and O–H groups in total. The number of methoxy groups -OCH3 is 1. The quantitative estimate of drug-likeness (QED) is 0.483. The predicted octanol–water partition coefficient (Wildman–Crippen LogP) is 3.53. The van der Waals surface area contributed by atoms with Crippen molar-refractivity contribution in [3.05, 3.63) is 59.3 Å². The number of nitriles is 2. The van der Waals surface area contributed by atoms with E-state index in [1.807, 2.05) is 0 Å². The number of carbonyl (C=O) groups is 1. The number of esters is 1.